The summed E-state index contributed by atoms with van der Waals surface area (Å²) in [5.41, 5.74) is 5.48. The van der Waals surface area contributed by atoms with Crippen LogP contribution in [0.2, 0.25) is 0 Å². The van der Waals surface area contributed by atoms with Gasteiger partial charge in [-0.1, -0.05) is 32.1 Å². The van der Waals surface area contributed by atoms with Crippen LogP contribution >= 0.6 is 0 Å². The SMILES string of the molecule is CCN(CCCN)C(=O)CCC1CCCCC1. The average Bonchev–Trinajstić information content (AvgIpc) is 2.38. The highest BCUT2D eigenvalue weighted by Gasteiger charge is 2.17. The Labute approximate surface area is 106 Å². The molecular formula is C14H28N2O. The molecule has 0 spiro atoms. The van der Waals surface area contributed by atoms with E-state index in [0.717, 1.165) is 38.3 Å². The van der Waals surface area contributed by atoms with Gasteiger partial charge in [0, 0.05) is 19.5 Å². The van der Waals surface area contributed by atoms with Crippen LogP contribution in [0, 0.1) is 5.92 Å². The van der Waals surface area contributed by atoms with Gasteiger partial charge < -0.3 is 10.6 Å². The van der Waals surface area contributed by atoms with Crippen LogP contribution in [-0.4, -0.2) is 30.4 Å². The maximum atomic E-state index is 12.0. The van der Waals surface area contributed by atoms with Crippen LogP contribution in [0.25, 0.3) is 0 Å². The minimum atomic E-state index is 0.325. The zero-order valence-corrected chi connectivity index (χ0v) is 11.3. The Morgan fingerprint density at radius 1 is 1.29 bits per heavy atom. The molecule has 0 radical (unpaired) electrons. The van der Waals surface area contributed by atoms with Gasteiger partial charge in [-0.25, -0.2) is 0 Å². The molecule has 2 N–H and O–H groups in total. The summed E-state index contributed by atoms with van der Waals surface area (Å²) in [5, 5.41) is 0. The lowest BCUT2D eigenvalue weighted by Crippen LogP contribution is -2.33. The first-order valence-corrected chi connectivity index (χ1v) is 7.25. The Balaban J connectivity index is 2.21. The summed E-state index contributed by atoms with van der Waals surface area (Å²) in [4.78, 5) is 14.0. The lowest BCUT2D eigenvalue weighted by atomic mass is 9.86. The largest absolute Gasteiger partial charge is 0.343 e. The van der Waals surface area contributed by atoms with E-state index in [1.165, 1.54) is 32.1 Å². The van der Waals surface area contributed by atoms with Crippen LogP contribution in [0.5, 0.6) is 0 Å². The molecule has 0 bridgehead atoms. The normalized spacial score (nSPS) is 17.1. The molecule has 0 aromatic rings. The summed E-state index contributed by atoms with van der Waals surface area (Å²) < 4.78 is 0. The van der Waals surface area contributed by atoms with Crippen molar-refractivity contribution < 1.29 is 4.79 Å². The van der Waals surface area contributed by atoms with Gasteiger partial charge in [-0.15, -0.1) is 0 Å². The molecule has 3 heteroatoms. The van der Waals surface area contributed by atoms with Crippen molar-refractivity contribution in [3.8, 4) is 0 Å². The van der Waals surface area contributed by atoms with E-state index in [9.17, 15) is 4.79 Å². The lowest BCUT2D eigenvalue weighted by molar-refractivity contribution is -0.131. The van der Waals surface area contributed by atoms with E-state index < -0.39 is 0 Å². The second kappa shape index (κ2) is 8.51. The average molecular weight is 240 g/mol. The number of hydrogen-bond acceptors (Lipinski definition) is 2. The zero-order chi connectivity index (χ0) is 12.5. The quantitative estimate of drug-likeness (QED) is 0.743. The maximum Gasteiger partial charge on any atom is 0.222 e. The minimum Gasteiger partial charge on any atom is -0.343 e. The van der Waals surface area contributed by atoms with E-state index in [0.29, 0.717) is 12.5 Å². The fraction of sp³-hybridized carbons (Fsp3) is 0.929. The van der Waals surface area contributed by atoms with Crippen molar-refractivity contribution in [1.29, 1.82) is 0 Å². The summed E-state index contributed by atoms with van der Waals surface area (Å²) in [6, 6.07) is 0. The van der Waals surface area contributed by atoms with Gasteiger partial charge >= 0.3 is 0 Å². The Bertz CT molecular complexity index is 212. The second-order valence-corrected chi connectivity index (χ2v) is 5.16. The maximum absolute atomic E-state index is 12.0. The number of nitrogens with zero attached hydrogens (tertiary/aromatic N) is 1. The summed E-state index contributed by atoms with van der Waals surface area (Å²) >= 11 is 0. The molecule has 0 unspecified atom stereocenters. The molecule has 1 rings (SSSR count). The summed E-state index contributed by atoms with van der Waals surface area (Å²) in [6.07, 6.45) is 9.55. The van der Waals surface area contributed by atoms with Crippen LogP contribution in [0.3, 0.4) is 0 Å². The van der Waals surface area contributed by atoms with Gasteiger partial charge in [0.25, 0.3) is 0 Å². The monoisotopic (exact) mass is 240 g/mol. The molecule has 1 saturated carbocycles. The fourth-order valence-electron chi connectivity index (χ4n) is 2.70. The predicted molar refractivity (Wildman–Crippen MR) is 71.7 cm³/mol. The predicted octanol–water partition coefficient (Wildman–Crippen LogP) is 2.54. The van der Waals surface area contributed by atoms with Crippen LogP contribution in [0.4, 0.5) is 0 Å². The van der Waals surface area contributed by atoms with Crippen molar-refractivity contribution in [2.24, 2.45) is 11.7 Å². The zero-order valence-electron chi connectivity index (χ0n) is 11.3. The molecule has 1 amide bonds. The highest BCUT2D eigenvalue weighted by atomic mass is 16.2. The first-order valence-electron chi connectivity index (χ1n) is 7.25. The molecular weight excluding hydrogens is 212 g/mol. The molecule has 1 fully saturated rings. The van der Waals surface area contributed by atoms with Gasteiger partial charge in [0.05, 0.1) is 0 Å². The van der Waals surface area contributed by atoms with E-state index >= 15 is 0 Å². The first kappa shape index (κ1) is 14.5. The number of amides is 1. The van der Waals surface area contributed by atoms with Crippen molar-refractivity contribution in [2.75, 3.05) is 19.6 Å². The molecule has 0 heterocycles. The highest BCUT2D eigenvalue weighted by molar-refractivity contribution is 5.76. The number of rotatable bonds is 7. The molecule has 0 atom stereocenters. The van der Waals surface area contributed by atoms with Gasteiger partial charge in [0.2, 0.25) is 5.91 Å². The molecule has 1 aliphatic rings. The van der Waals surface area contributed by atoms with E-state index in [-0.39, 0.29) is 0 Å². The minimum absolute atomic E-state index is 0.325. The Kier molecular flexibility index (Phi) is 7.25. The van der Waals surface area contributed by atoms with Crippen molar-refractivity contribution >= 4 is 5.91 Å². The Morgan fingerprint density at radius 3 is 2.59 bits per heavy atom. The summed E-state index contributed by atoms with van der Waals surface area (Å²) in [6.45, 7) is 4.38. The standard InChI is InChI=1S/C14H28N2O/c1-2-16(12-6-11-15)14(17)10-9-13-7-4-3-5-8-13/h13H,2-12,15H2,1H3. The lowest BCUT2D eigenvalue weighted by Gasteiger charge is -2.24. The van der Waals surface area contributed by atoms with Crippen molar-refractivity contribution in [3.05, 3.63) is 0 Å². The Morgan fingerprint density at radius 2 is 2.00 bits per heavy atom. The number of carbonyl (C=O) groups excluding carboxylic acids is 1. The van der Waals surface area contributed by atoms with Crippen LogP contribution in [0.1, 0.15) is 58.3 Å². The first-order chi connectivity index (χ1) is 8.27. The van der Waals surface area contributed by atoms with Gasteiger partial charge in [-0.2, -0.15) is 0 Å². The van der Waals surface area contributed by atoms with E-state index in [2.05, 4.69) is 6.92 Å². The van der Waals surface area contributed by atoms with Crippen molar-refractivity contribution in [1.82, 2.24) is 4.90 Å². The highest BCUT2D eigenvalue weighted by Crippen LogP contribution is 2.27. The third-order valence-corrected chi connectivity index (χ3v) is 3.86. The van der Waals surface area contributed by atoms with Crippen LogP contribution in [0.15, 0.2) is 0 Å². The van der Waals surface area contributed by atoms with Crippen LogP contribution in [-0.2, 0) is 4.79 Å². The molecule has 0 aliphatic heterocycles. The number of hydrogen-bond donors (Lipinski definition) is 1. The number of carbonyl (C=O) groups is 1. The molecule has 17 heavy (non-hydrogen) atoms. The van der Waals surface area contributed by atoms with Crippen molar-refractivity contribution in [3.63, 3.8) is 0 Å². The summed E-state index contributed by atoms with van der Waals surface area (Å²) in [7, 11) is 0. The molecule has 1 aliphatic carbocycles. The molecule has 100 valence electrons. The van der Waals surface area contributed by atoms with Gasteiger partial charge in [0.1, 0.15) is 0 Å². The summed E-state index contributed by atoms with van der Waals surface area (Å²) in [5.74, 6) is 1.13. The van der Waals surface area contributed by atoms with Gasteiger partial charge in [-0.3, -0.25) is 4.79 Å². The van der Waals surface area contributed by atoms with Crippen molar-refractivity contribution in [2.45, 2.75) is 58.3 Å². The van der Waals surface area contributed by atoms with Gasteiger partial charge in [-0.05, 0) is 32.2 Å². The molecule has 0 saturated heterocycles. The Hall–Kier alpha value is -0.570. The second-order valence-electron chi connectivity index (χ2n) is 5.16. The fourth-order valence-corrected chi connectivity index (χ4v) is 2.70. The van der Waals surface area contributed by atoms with Gasteiger partial charge in [0.15, 0.2) is 0 Å². The van der Waals surface area contributed by atoms with E-state index in [4.69, 9.17) is 5.73 Å². The van der Waals surface area contributed by atoms with Crippen LogP contribution < -0.4 is 5.73 Å². The molecule has 0 aromatic heterocycles. The third-order valence-electron chi connectivity index (χ3n) is 3.86. The third kappa shape index (κ3) is 5.53. The van der Waals surface area contributed by atoms with E-state index in [1.807, 2.05) is 4.90 Å². The number of nitrogens with two attached hydrogens (primary N) is 1. The molecule has 0 aromatic carbocycles. The molecule has 3 nitrogen and oxygen atoms in total. The smallest absolute Gasteiger partial charge is 0.222 e. The van der Waals surface area contributed by atoms with E-state index in [1.54, 1.807) is 0 Å². The topological polar surface area (TPSA) is 46.3 Å².